The number of piperidine rings is 1. The van der Waals surface area contributed by atoms with Crippen molar-refractivity contribution in [3.05, 3.63) is 29.8 Å². The molecule has 5 nitrogen and oxygen atoms in total. The van der Waals surface area contributed by atoms with Gasteiger partial charge in [0.2, 0.25) is 5.91 Å². The molecule has 1 aromatic carbocycles. The zero-order valence-corrected chi connectivity index (χ0v) is 15.5. The van der Waals surface area contributed by atoms with E-state index in [4.69, 9.17) is 4.74 Å². The highest BCUT2D eigenvalue weighted by Gasteiger charge is 2.44. The smallest absolute Gasteiger partial charge is 0.233 e. The Kier molecular flexibility index (Phi) is 5.07. The first kappa shape index (κ1) is 18.2. The summed E-state index contributed by atoms with van der Waals surface area (Å²) in [5.41, 5.74) is 0.199. The van der Waals surface area contributed by atoms with Crippen LogP contribution in [0, 0.1) is 0 Å². The summed E-state index contributed by atoms with van der Waals surface area (Å²) in [5.74, 6) is 1.01. The molecule has 1 fully saturated rings. The van der Waals surface area contributed by atoms with Gasteiger partial charge in [-0.3, -0.25) is 4.79 Å². The lowest BCUT2D eigenvalue weighted by Crippen LogP contribution is -2.60. The number of aliphatic hydroxyl groups excluding tert-OH is 1. The van der Waals surface area contributed by atoms with Crippen molar-refractivity contribution in [2.45, 2.75) is 57.0 Å². The number of nitrogens with one attached hydrogen (secondary N) is 1. The van der Waals surface area contributed by atoms with E-state index in [9.17, 15) is 9.90 Å². The number of nitrogens with zero attached hydrogens (tertiary/aromatic N) is 1. The van der Waals surface area contributed by atoms with E-state index in [1.54, 1.807) is 0 Å². The van der Waals surface area contributed by atoms with Crippen molar-refractivity contribution in [2.75, 3.05) is 26.3 Å². The number of aliphatic hydroxyl groups is 1. The van der Waals surface area contributed by atoms with Gasteiger partial charge in [0.25, 0.3) is 0 Å². The third-order valence-corrected chi connectivity index (χ3v) is 5.72. The summed E-state index contributed by atoms with van der Waals surface area (Å²) >= 11 is 0. The fraction of sp³-hybridized carbons (Fsp3) is 0.650. The predicted octanol–water partition coefficient (Wildman–Crippen LogP) is 2.08. The largest absolute Gasteiger partial charge is 0.493 e. The molecule has 2 N–H and O–H groups in total. The molecule has 0 aromatic heterocycles. The monoisotopic (exact) mass is 346 g/mol. The Balaban J connectivity index is 1.75. The summed E-state index contributed by atoms with van der Waals surface area (Å²) in [5, 5.41) is 13.4. The lowest BCUT2D eigenvalue weighted by atomic mass is 9.75. The number of carbonyl (C=O) groups is 1. The zero-order valence-electron chi connectivity index (χ0n) is 15.5. The number of fused-ring (bicyclic) bond motifs is 1. The van der Waals surface area contributed by atoms with E-state index < -0.39 is 5.41 Å². The molecule has 5 heteroatoms. The first-order valence-electron chi connectivity index (χ1n) is 9.30. The number of benzene rings is 1. The van der Waals surface area contributed by atoms with Crippen LogP contribution >= 0.6 is 0 Å². The van der Waals surface area contributed by atoms with E-state index in [-0.39, 0.29) is 18.1 Å². The molecule has 1 saturated heterocycles. The summed E-state index contributed by atoms with van der Waals surface area (Å²) in [4.78, 5) is 15.3. The molecular weight excluding hydrogens is 316 g/mol. The number of carbonyl (C=O) groups excluding carboxylic acids is 1. The fourth-order valence-corrected chi connectivity index (χ4v) is 4.22. The molecular formula is C20H30N2O3. The van der Waals surface area contributed by atoms with E-state index in [0.717, 1.165) is 24.2 Å². The van der Waals surface area contributed by atoms with Gasteiger partial charge in [0.1, 0.15) is 5.75 Å². The molecule has 0 bridgehead atoms. The summed E-state index contributed by atoms with van der Waals surface area (Å²) in [7, 11) is 0. The normalized spacial score (nSPS) is 25.4. The molecule has 2 heterocycles. The number of ether oxygens (including phenoxy) is 1. The molecule has 2 aliphatic heterocycles. The number of para-hydroxylation sites is 1. The standard InChI is InChI=1S/C20H30N2O3/c1-15(2)21-20(14-23)8-11-22(12-9-20)18(24)19(3)10-13-25-17-7-5-4-6-16(17)19/h4-7,15,21,23H,8-14H2,1-3H3. The first-order chi connectivity index (χ1) is 11.9. The Morgan fingerprint density at radius 2 is 1.96 bits per heavy atom. The van der Waals surface area contributed by atoms with Gasteiger partial charge in [-0.1, -0.05) is 32.0 Å². The molecule has 1 aromatic rings. The highest BCUT2D eigenvalue weighted by molar-refractivity contribution is 5.89. The third-order valence-electron chi connectivity index (χ3n) is 5.72. The van der Waals surface area contributed by atoms with Gasteiger partial charge < -0.3 is 20.1 Å². The maximum absolute atomic E-state index is 13.3. The minimum Gasteiger partial charge on any atom is -0.493 e. The maximum atomic E-state index is 13.3. The van der Waals surface area contributed by atoms with Crippen LogP contribution in [-0.4, -0.2) is 53.8 Å². The Morgan fingerprint density at radius 1 is 1.28 bits per heavy atom. The average molecular weight is 346 g/mol. The Morgan fingerprint density at radius 3 is 2.60 bits per heavy atom. The SMILES string of the molecule is CC(C)NC1(CO)CCN(C(=O)C2(C)CCOc3ccccc32)CC1. The van der Waals surface area contributed by atoms with Crippen molar-refractivity contribution < 1.29 is 14.6 Å². The van der Waals surface area contributed by atoms with E-state index in [1.165, 1.54) is 0 Å². The van der Waals surface area contributed by atoms with Crippen molar-refractivity contribution in [1.82, 2.24) is 10.2 Å². The minimum absolute atomic E-state index is 0.112. The molecule has 0 aliphatic carbocycles. The molecule has 2 aliphatic rings. The second-order valence-corrected chi connectivity index (χ2v) is 7.96. The van der Waals surface area contributed by atoms with Gasteiger partial charge >= 0.3 is 0 Å². The van der Waals surface area contributed by atoms with Crippen LogP contribution in [0.25, 0.3) is 0 Å². The second-order valence-electron chi connectivity index (χ2n) is 7.96. The summed E-state index contributed by atoms with van der Waals surface area (Å²) in [6, 6.07) is 8.19. The number of hydrogen-bond acceptors (Lipinski definition) is 4. The lowest BCUT2D eigenvalue weighted by Gasteiger charge is -2.45. The van der Waals surface area contributed by atoms with E-state index in [0.29, 0.717) is 32.2 Å². The third kappa shape index (κ3) is 3.40. The number of amides is 1. The Labute approximate surface area is 150 Å². The van der Waals surface area contributed by atoms with Gasteiger partial charge in [-0.15, -0.1) is 0 Å². The molecule has 1 amide bonds. The van der Waals surface area contributed by atoms with Crippen molar-refractivity contribution in [1.29, 1.82) is 0 Å². The quantitative estimate of drug-likeness (QED) is 0.876. The van der Waals surface area contributed by atoms with Gasteiger partial charge in [0.05, 0.1) is 18.6 Å². The fourth-order valence-electron chi connectivity index (χ4n) is 4.22. The van der Waals surface area contributed by atoms with Crippen LogP contribution in [0.4, 0.5) is 0 Å². The van der Waals surface area contributed by atoms with Crippen LogP contribution in [0.15, 0.2) is 24.3 Å². The van der Waals surface area contributed by atoms with Crippen molar-refractivity contribution in [3.8, 4) is 5.75 Å². The van der Waals surface area contributed by atoms with Crippen molar-refractivity contribution in [2.24, 2.45) is 0 Å². The predicted molar refractivity (Wildman–Crippen MR) is 97.8 cm³/mol. The van der Waals surface area contributed by atoms with Gasteiger partial charge in [-0.05, 0) is 32.3 Å². The van der Waals surface area contributed by atoms with E-state index in [2.05, 4.69) is 19.2 Å². The second kappa shape index (κ2) is 6.96. The summed E-state index contributed by atoms with van der Waals surface area (Å²) < 4.78 is 5.74. The molecule has 0 radical (unpaired) electrons. The van der Waals surface area contributed by atoms with Crippen molar-refractivity contribution >= 4 is 5.91 Å². The number of rotatable bonds is 4. The lowest BCUT2D eigenvalue weighted by molar-refractivity contribution is -0.140. The summed E-state index contributed by atoms with van der Waals surface area (Å²) in [6.45, 7) is 8.26. The molecule has 25 heavy (non-hydrogen) atoms. The van der Waals surface area contributed by atoms with Crippen LogP contribution in [0.5, 0.6) is 5.75 Å². The zero-order chi connectivity index (χ0) is 18.1. The molecule has 0 spiro atoms. The van der Waals surface area contributed by atoms with Gasteiger partial charge in [-0.2, -0.15) is 0 Å². The van der Waals surface area contributed by atoms with Gasteiger partial charge in [0.15, 0.2) is 0 Å². The maximum Gasteiger partial charge on any atom is 0.233 e. The highest BCUT2D eigenvalue weighted by atomic mass is 16.5. The average Bonchev–Trinajstić information content (AvgIpc) is 2.61. The van der Waals surface area contributed by atoms with Gasteiger partial charge in [-0.25, -0.2) is 0 Å². The van der Waals surface area contributed by atoms with Crippen LogP contribution < -0.4 is 10.1 Å². The molecule has 1 atom stereocenters. The van der Waals surface area contributed by atoms with Gasteiger partial charge in [0, 0.05) is 30.2 Å². The first-order valence-corrected chi connectivity index (χ1v) is 9.30. The Hall–Kier alpha value is -1.59. The number of likely N-dealkylation sites (tertiary alicyclic amines) is 1. The van der Waals surface area contributed by atoms with E-state index >= 15 is 0 Å². The minimum atomic E-state index is -0.528. The highest BCUT2D eigenvalue weighted by Crippen LogP contribution is 2.40. The Bertz CT molecular complexity index is 623. The van der Waals surface area contributed by atoms with Crippen LogP contribution in [0.3, 0.4) is 0 Å². The van der Waals surface area contributed by atoms with Crippen LogP contribution in [0.2, 0.25) is 0 Å². The van der Waals surface area contributed by atoms with E-state index in [1.807, 2.05) is 36.1 Å². The summed E-state index contributed by atoms with van der Waals surface area (Å²) in [6.07, 6.45) is 2.26. The molecule has 1 unspecified atom stereocenters. The van der Waals surface area contributed by atoms with Crippen LogP contribution in [0.1, 0.15) is 45.6 Å². The molecule has 3 rings (SSSR count). The van der Waals surface area contributed by atoms with Crippen molar-refractivity contribution in [3.63, 3.8) is 0 Å². The topological polar surface area (TPSA) is 61.8 Å². The van der Waals surface area contributed by atoms with Crippen LogP contribution in [-0.2, 0) is 10.2 Å². The molecule has 138 valence electrons. The molecule has 0 saturated carbocycles. The number of hydrogen-bond donors (Lipinski definition) is 2.